The zero-order valence-corrected chi connectivity index (χ0v) is 13.1. The van der Waals surface area contributed by atoms with Crippen LogP contribution in [0.3, 0.4) is 0 Å². The first kappa shape index (κ1) is 15.8. The lowest BCUT2D eigenvalue weighted by Gasteiger charge is -2.31. The molecule has 1 saturated heterocycles. The molecule has 0 aliphatic carbocycles. The number of hydrogen-bond acceptors (Lipinski definition) is 4. The fourth-order valence-corrected chi connectivity index (χ4v) is 2.45. The number of carbonyl (C=O) groups is 1. The third-order valence-electron chi connectivity index (χ3n) is 3.77. The summed E-state index contributed by atoms with van der Waals surface area (Å²) in [4.78, 5) is 19.6. The molecule has 0 saturated carbocycles. The molecule has 0 spiro atoms. The van der Waals surface area contributed by atoms with Crippen molar-refractivity contribution in [3.8, 4) is 5.75 Å². The number of hydrogen-bond donors (Lipinski definition) is 0. The average Bonchev–Trinajstić information content (AvgIpc) is 2.67. The summed E-state index contributed by atoms with van der Waals surface area (Å²) in [5.41, 5.74) is 0.655. The van der Waals surface area contributed by atoms with Crippen LogP contribution in [-0.4, -0.2) is 47.0 Å². The lowest BCUT2D eigenvalue weighted by atomic mass is 10.2. The molecule has 0 bridgehead atoms. The third kappa shape index (κ3) is 3.81. The second-order valence-corrected chi connectivity index (χ2v) is 5.35. The zero-order chi connectivity index (χ0) is 16.8. The number of benzene rings is 2. The number of hydrazine groups is 1. The Balaban J connectivity index is 1.54. The molecule has 24 heavy (non-hydrogen) atoms. The molecule has 7 nitrogen and oxygen atoms in total. The molecule has 0 N–H and O–H groups in total. The molecule has 0 unspecified atom stereocenters. The minimum absolute atomic E-state index is 0.0230. The molecule has 1 fully saturated rings. The second kappa shape index (κ2) is 7.45. The monoisotopic (exact) mass is 326 g/mol. The van der Waals surface area contributed by atoms with Crippen LogP contribution in [0.1, 0.15) is 10.4 Å². The van der Waals surface area contributed by atoms with Gasteiger partial charge in [0, 0.05) is 18.7 Å². The van der Waals surface area contributed by atoms with E-state index in [9.17, 15) is 10.0 Å². The molecule has 2 aromatic rings. The molecule has 0 aromatic heterocycles. The van der Waals surface area contributed by atoms with Gasteiger partial charge in [-0.15, -0.1) is 5.01 Å². The van der Waals surface area contributed by atoms with Gasteiger partial charge < -0.3 is 14.9 Å². The Morgan fingerprint density at radius 1 is 0.958 bits per heavy atom. The van der Waals surface area contributed by atoms with E-state index in [0.29, 0.717) is 42.5 Å². The molecule has 1 heterocycles. The van der Waals surface area contributed by atoms with Crippen molar-refractivity contribution in [2.45, 2.75) is 0 Å². The summed E-state index contributed by atoms with van der Waals surface area (Å²) >= 11 is 0. The number of carbonyl (C=O) groups excluding carboxylic acids is 1. The SMILES string of the molecule is O=C(c1ccccc1)N1CCN(/[N+]([O-])=N\Oc2ccccc2)CC1. The standard InChI is InChI=1S/C17H18N4O3/c22-17(15-7-3-1-4-8-15)19-11-13-20(14-12-19)21(23)18-24-16-9-5-2-6-10-16/h1-10H,11-14H2/b21-18+. The van der Waals surface area contributed by atoms with Crippen LogP contribution in [0.2, 0.25) is 0 Å². The molecule has 7 heteroatoms. The summed E-state index contributed by atoms with van der Waals surface area (Å²) in [5, 5.41) is 17.0. The molecule has 124 valence electrons. The van der Waals surface area contributed by atoms with E-state index in [0.717, 1.165) is 0 Å². The van der Waals surface area contributed by atoms with Gasteiger partial charge in [-0.05, 0) is 24.3 Å². The topological polar surface area (TPSA) is 71.2 Å². The first-order valence-corrected chi connectivity index (χ1v) is 7.73. The molecule has 1 aliphatic heterocycles. The second-order valence-electron chi connectivity index (χ2n) is 5.35. The molecule has 0 atom stereocenters. The van der Waals surface area contributed by atoms with Crippen LogP contribution in [0.5, 0.6) is 5.75 Å². The highest BCUT2D eigenvalue weighted by Crippen LogP contribution is 2.11. The summed E-state index contributed by atoms with van der Waals surface area (Å²) in [7, 11) is 0. The molecular weight excluding hydrogens is 308 g/mol. The van der Waals surface area contributed by atoms with Gasteiger partial charge in [0.05, 0.1) is 18.1 Å². The van der Waals surface area contributed by atoms with Crippen LogP contribution in [0.15, 0.2) is 65.9 Å². The van der Waals surface area contributed by atoms with E-state index in [4.69, 9.17) is 4.84 Å². The summed E-state index contributed by atoms with van der Waals surface area (Å²) in [6.07, 6.45) is 0. The molecule has 1 aliphatic rings. The van der Waals surface area contributed by atoms with Gasteiger partial charge in [-0.1, -0.05) is 36.4 Å². The van der Waals surface area contributed by atoms with Crippen molar-refractivity contribution in [1.82, 2.24) is 9.91 Å². The van der Waals surface area contributed by atoms with Crippen molar-refractivity contribution < 1.29 is 14.6 Å². The van der Waals surface area contributed by atoms with E-state index in [1.165, 1.54) is 5.01 Å². The number of rotatable bonds is 4. The van der Waals surface area contributed by atoms with Crippen molar-refractivity contribution in [3.05, 3.63) is 71.4 Å². The van der Waals surface area contributed by atoms with Crippen molar-refractivity contribution in [2.24, 2.45) is 5.28 Å². The van der Waals surface area contributed by atoms with Crippen LogP contribution in [0, 0.1) is 5.21 Å². The average molecular weight is 326 g/mol. The Labute approximate surface area is 139 Å². The van der Waals surface area contributed by atoms with Gasteiger partial charge >= 0.3 is 0 Å². The van der Waals surface area contributed by atoms with Crippen LogP contribution in [0.4, 0.5) is 0 Å². The quantitative estimate of drug-likeness (QED) is 0.491. The molecular formula is C17H18N4O3. The maximum atomic E-state index is 12.4. The Hall–Kier alpha value is -3.09. The predicted octanol–water partition coefficient (Wildman–Crippen LogP) is 2.32. The first-order chi connectivity index (χ1) is 11.7. The van der Waals surface area contributed by atoms with Crippen molar-refractivity contribution in [2.75, 3.05) is 26.2 Å². The van der Waals surface area contributed by atoms with E-state index in [1.807, 2.05) is 24.3 Å². The Bertz CT molecular complexity index is 698. The predicted molar refractivity (Wildman–Crippen MR) is 87.0 cm³/mol. The molecule has 0 radical (unpaired) electrons. The van der Waals surface area contributed by atoms with Crippen molar-refractivity contribution >= 4 is 5.91 Å². The van der Waals surface area contributed by atoms with Crippen LogP contribution in [-0.2, 0) is 0 Å². The van der Waals surface area contributed by atoms with E-state index in [-0.39, 0.29) is 5.91 Å². The fourth-order valence-electron chi connectivity index (χ4n) is 2.45. The van der Waals surface area contributed by atoms with Gasteiger partial charge in [-0.2, -0.15) is 0 Å². The van der Waals surface area contributed by atoms with Gasteiger partial charge in [0.2, 0.25) is 5.28 Å². The Morgan fingerprint density at radius 3 is 2.17 bits per heavy atom. The summed E-state index contributed by atoms with van der Waals surface area (Å²) in [6.45, 7) is 1.74. The van der Waals surface area contributed by atoms with Gasteiger partial charge in [0.1, 0.15) is 0 Å². The van der Waals surface area contributed by atoms with E-state index in [1.54, 1.807) is 41.3 Å². The number of piperazine rings is 1. The summed E-state index contributed by atoms with van der Waals surface area (Å²) in [6, 6.07) is 18.0. The van der Waals surface area contributed by atoms with Gasteiger partial charge in [0.25, 0.3) is 5.91 Å². The van der Waals surface area contributed by atoms with Crippen LogP contribution >= 0.6 is 0 Å². The lowest BCUT2D eigenvalue weighted by molar-refractivity contribution is -0.708. The van der Waals surface area contributed by atoms with Crippen LogP contribution in [0.25, 0.3) is 0 Å². The lowest BCUT2D eigenvalue weighted by Crippen LogP contribution is -2.50. The van der Waals surface area contributed by atoms with Gasteiger partial charge in [-0.25, -0.2) is 0 Å². The minimum atomic E-state index is -0.0230. The molecule has 3 rings (SSSR count). The van der Waals surface area contributed by atoms with Gasteiger partial charge in [0.15, 0.2) is 5.75 Å². The Morgan fingerprint density at radius 2 is 1.54 bits per heavy atom. The normalized spacial score (nSPS) is 15.2. The number of nitrogens with zero attached hydrogens (tertiary/aromatic N) is 4. The Kier molecular flexibility index (Phi) is 4.90. The largest absolute Gasteiger partial charge is 0.569 e. The fraction of sp³-hybridized carbons (Fsp3) is 0.235. The van der Waals surface area contributed by atoms with E-state index in [2.05, 4.69) is 5.28 Å². The maximum absolute atomic E-state index is 12.4. The van der Waals surface area contributed by atoms with Crippen molar-refractivity contribution in [1.29, 1.82) is 0 Å². The smallest absolute Gasteiger partial charge is 0.253 e. The summed E-state index contributed by atoms with van der Waals surface area (Å²) < 4.78 is 0. The van der Waals surface area contributed by atoms with Crippen molar-refractivity contribution in [3.63, 3.8) is 0 Å². The number of para-hydroxylation sites is 1. The number of amides is 1. The highest BCUT2D eigenvalue weighted by atomic mass is 16.7. The maximum Gasteiger partial charge on any atom is 0.253 e. The third-order valence-corrected chi connectivity index (χ3v) is 3.77. The summed E-state index contributed by atoms with van der Waals surface area (Å²) in [5.74, 6) is 0.474. The van der Waals surface area contributed by atoms with Gasteiger partial charge in [-0.3, -0.25) is 4.79 Å². The molecule has 2 aromatic carbocycles. The van der Waals surface area contributed by atoms with Crippen LogP contribution < -0.4 is 4.84 Å². The zero-order valence-electron chi connectivity index (χ0n) is 13.1. The molecule has 1 amide bonds. The minimum Gasteiger partial charge on any atom is -0.569 e. The highest BCUT2D eigenvalue weighted by molar-refractivity contribution is 5.94. The highest BCUT2D eigenvalue weighted by Gasteiger charge is 2.26. The van der Waals surface area contributed by atoms with E-state index < -0.39 is 0 Å². The first-order valence-electron chi connectivity index (χ1n) is 7.73. The van der Waals surface area contributed by atoms with E-state index >= 15 is 0 Å².